The van der Waals surface area contributed by atoms with Crippen LogP contribution in [-0.2, 0) is 16.0 Å². The summed E-state index contributed by atoms with van der Waals surface area (Å²) in [7, 11) is 0. The Morgan fingerprint density at radius 3 is 2.62 bits per heavy atom. The van der Waals surface area contributed by atoms with E-state index in [1.807, 2.05) is 18.2 Å². The molecule has 0 unspecified atom stereocenters. The lowest BCUT2D eigenvalue weighted by molar-refractivity contribution is -0.136. The standard InChI is InChI=1S/C19H15Cl2N3O2/c20-14-7-6-12(15(21)11-14)8-10-23-18(25)19(26)24-16-5-1-3-13-4-2-9-22-17(13)16/h1-7,9,11H,8,10H2,(H,23,25)(H,24,26). The molecule has 1 heterocycles. The quantitative estimate of drug-likeness (QED) is 0.668. The summed E-state index contributed by atoms with van der Waals surface area (Å²) < 4.78 is 0. The van der Waals surface area contributed by atoms with Gasteiger partial charge in [-0.05, 0) is 36.2 Å². The van der Waals surface area contributed by atoms with Crippen molar-refractivity contribution in [2.24, 2.45) is 0 Å². The lowest BCUT2D eigenvalue weighted by Gasteiger charge is -2.09. The SMILES string of the molecule is O=C(NCCc1ccc(Cl)cc1Cl)C(=O)Nc1cccc2cccnc12. The van der Waals surface area contributed by atoms with Crippen molar-refractivity contribution in [3.8, 4) is 0 Å². The van der Waals surface area contributed by atoms with Gasteiger partial charge in [-0.1, -0.05) is 47.5 Å². The van der Waals surface area contributed by atoms with Crippen molar-refractivity contribution in [1.29, 1.82) is 0 Å². The van der Waals surface area contributed by atoms with Crippen LogP contribution in [0.2, 0.25) is 10.0 Å². The van der Waals surface area contributed by atoms with Crippen molar-refractivity contribution in [2.75, 3.05) is 11.9 Å². The minimum atomic E-state index is -0.745. The summed E-state index contributed by atoms with van der Waals surface area (Å²) >= 11 is 11.9. The molecule has 3 rings (SSSR count). The van der Waals surface area contributed by atoms with Crippen molar-refractivity contribution in [3.63, 3.8) is 0 Å². The van der Waals surface area contributed by atoms with Gasteiger partial charge in [0.15, 0.2) is 0 Å². The predicted octanol–water partition coefficient (Wildman–Crippen LogP) is 3.84. The molecule has 0 bridgehead atoms. The molecular weight excluding hydrogens is 373 g/mol. The zero-order chi connectivity index (χ0) is 18.5. The number of benzene rings is 2. The first-order valence-electron chi connectivity index (χ1n) is 7.91. The number of hydrogen-bond acceptors (Lipinski definition) is 3. The van der Waals surface area contributed by atoms with Gasteiger partial charge < -0.3 is 10.6 Å². The molecule has 3 aromatic rings. The van der Waals surface area contributed by atoms with Crippen LogP contribution in [0.4, 0.5) is 5.69 Å². The van der Waals surface area contributed by atoms with Crippen molar-refractivity contribution in [3.05, 3.63) is 70.3 Å². The Balaban J connectivity index is 1.58. The highest BCUT2D eigenvalue weighted by Gasteiger charge is 2.15. The molecule has 0 atom stereocenters. The number of fused-ring (bicyclic) bond motifs is 1. The molecule has 132 valence electrons. The van der Waals surface area contributed by atoms with Crippen LogP contribution >= 0.6 is 23.2 Å². The van der Waals surface area contributed by atoms with Crippen molar-refractivity contribution < 1.29 is 9.59 Å². The largest absolute Gasteiger partial charge is 0.347 e. The number of rotatable bonds is 4. The number of carbonyl (C=O) groups excluding carboxylic acids is 2. The lowest BCUT2D eigenvalue weighted by Crippen LogP contribution is -2.36. The molecule has 2 aromatic carbocycles. The highest BCUT2D eigenvalue weighted by Crippen LogP contribution is 2.21. The summed E-state index contributed by atoms with van der Waals surface area (Å²) in [6.07, 6.45) is 2.12. The van der Waals surface area contributed by atoms with E-state index < -0.39 is 11.8 Å². The third kappa shape index (κ3) is 4.31. The van der Waals surface area contributed by atoms with Crippen LogP contribution in [0.25, 0.3) is 10.9 Å². The van der Waals surface area contributed by atoms with Crippen LogP contribution in [0.3, 0.4) is 0 Å². The summed E-state index contributed by atoms with van der Waals surface area (Å²) in [6, 6.07) is 14.2. The fourth-order valence-electron chi connectivity index (χ4n) is 2.50. The number of amides is 2. The van der Waals surface area contributed by atoms with E-state index in [-0.39, 0.29) is 6.54 Å². The van der Waals surface area contributed by atoms with Gasteiger partial charge >= 0.3 is 11.8 Å². The van der Waals surface area contributed by atoms with Crippen LogP contribution in [0.15, 0.2) is 54.7 Å². The minimum absolute atomic E-state index is 0.279. The number of hydrogen-bond donors (Lipinski definition) is 2. The smallest absolute Gasteiger partial charge is 0.313 e. The summed E-state index contributed by atoms with van der Waals surface area (Å²) in [6.45, 7) is 0.279. The molecule has 0 aliphatic rings. The fourth-order valence-corrected chi connectivity index (χ4v) is 3.00. The van der Waals surface area contributed by atoms with E-state index in [9.17, 15) is 9.59 Å². The molecule has 7 heteroatoms. The van der Waals surface area contributed by atoms with E-state index in [4.69, 9.17) is 23.2 Å². The number of carbonyl (C=O) groups is 2. The molecular formula is C19H15Cl2N3O2. The van der Waals surface area contributed by atoms with Gasteiger partial charge in [0.05, 0.1) is 11.2 Å². The first-order valence-corrected chi connectivity index (χ1v) is 8.67. The Morgan fingerprint density at radius 1 is 1.00 bits per heavy atom. The normalized spacial score (nSPS) is 10.5. The van der Waals surface area contributed by atoms with E-state index >= 15 is 0 Å². The number of nitrogens with one attached hydrogen (secondary N) is 2. The van der Waals surface area contributed by atoms with Gasteiger partial charge in [-0.15, -0.1) is 0 Å². The van der Waals surface area contributed by atoms with E-state index in [1.54, 1.807) is 36.5 Å². The van der Waals surface area contributed by atoms with Crippen LogP contribution in [0.1, 0.15) is 5.56 Å². The van der Waals surface area contributed by atoms with Crippen LogP contribution in [-0.4, -0.2) is 23.3 Å². The predicted molar refractivity (Wildman–Crippen MR) is 104 cm³/mol. The van der Waals surface area contributed by atoms with Gasteiger partial charge in [-0.25, -0.2) is 0 Å². The van der Waals surface area contributed by atoms with Crippen LogP contribution < -0.4 is 10.6 Å². The molecule has 2 amide bonds. The van der Waals surface area contributed by atoms with E-state index in [2.05, 4.69) is 15.6 Å². The summed E-state index contributed by atoms with van der Waals surface area (Å²) in [5.41, 5.74) is 1.96. The second kappa shape index (κ2) is 8.17. The van der Waals surface area contributed by atoms with E-state index in [1.165, 1.54) is 0 Å². The summed E-state index contributed by atoms with van der Waals surface area (Å²) in [5.74, 6) is -1.46. The topological polar surface area (TPSA) is 71.1 Å². The summed E-state index contributed by atoms with van der Waals surface area (Å²) in [5, 5.41) is 7.12. The Morgan fingerprint density at radius 2 is 1.81 bits per heavy atom. The lowest BCUT2D eigenvalue weighted by atomic mass is 10.1. The highest BCUT2D eigenvalue weighted by molar-refractivity contribution is 6.40. The average molecular weight is 388 g/mol. The number of pyridine rings is 1. The molecule has 0 aliphatic carbocycles. The van der Waals surface area contributed by atoms with Crippen molar-refractivity contribution in [2.45, 2.75) is 6.42 Å². The third-order valence-corrected chi connectivity index (χ3v) is 4.37. The Bertz CT molecular complexity index is 971. The Kier molecular flexibility index (Phi) is 5.71. The molecule has 0 saturated heterocycles. The van der Waals surface area contributed by atoms with Crippen molar-refractivity contribution in [1.82, 2.24) is 10.3 Å². The monoisotopic (exact) mass is 387 g/mol. The molecule has 0 spiro atoms. The number of anilines is 1. The van der Waals surface area contributed by atoms with Gasteiger partial charge in [-0.3, -0.25) is 14.6 Å². The van der Waals surface area contributed by atoms with Crippen LogP contribution in [0.5, 0.6) is 0 Å². The number of aromatic nitrogens is 1. The van der Waals surface area contributed by atoms with Gasteiger partial charge in [0.1, 0.15) is 0 Å². The number of para-hydroxylation sites is 1. The Hall–Kier alpha value is -2.63. The molecule has 0 saturated carbocycles. The maximum absolute atomic E-state index is 12.1. The zero-order valence-corrected chi connectivity index (χ0v) is 15.1. The van der Waals surface area contributed by atoms with Gasteiger partial charge in [0.25, 0.3) is 0 Å². The van der Waals surface area contributed by atoms with Gasteiger partial charge in [0.2, 0.25) is 0 Å². The second-order valence-corrected chi connectivity index (χ2v) is 6.42. The average Bonchev–Trinajstić information content (AvgIpc) is 2.63. The molecule has 26 heavy (non-hydrogen) atoms. The van der Waals surface area contributed by atoms with E-state index in [0.29, 0.717) is 27.7 Å². The molecule has 2 N–H and O–H groups in total. The molecule has 0 fully saturated rings. The first kappa shape index (κ1) is 18.2. The highest BCUT2D eigenvalue weighted by atomic mass is 35.5. The first-order chi connectivity index (χ1) is 12.5. The zero-order valence-electron chi connectivity index (χ0n) is 13.6. The molecule has 5 nitrogen and oxygen atoms in total. The number of nitrogens with zero attached hydrogens (tertiary/aromatic N) is 1. The van der Waals surface area contributed by atoms with E-state index in [0.717, 1.165) is 10.9 Å². The van der Waals surface area contributed by atoms with Gasteiger partial charge in [0, 0.05) is 28.2 Å². The minimum Gasteiger partial charge on any atom is -0.347 e. The maximum atomic E-state index is 12.1. The fraction of sp³-hybridized carbons (Fsp3) is 0.105. The van der Waals surface area contributed by atoms with Crippen molar-refractivity contribution >= 4 is 51.6 Å². The summed E-state index contributed by atoms with van der Waals surface area (Å²) in [4.78, 5) is 28.4. The van der Waals surface area contributed by atoms with Crippen LogP contribution in [0, 0.1) is 0 Å². The second-order valence-electron chi connectivity index (χ2n) is 5.58. The third-order valence-electron chi connectivity index (χ3n) is 3.78. The molecule has 0 radical (unpaired) electrons. The van der Waals surface area contributed by atoms with Gasteiger partial charge in [-0.2, -0.15) is 0 Å². The Labute approximate surface area is 160 Å². The number of halogens is 2. The maximum Gasteiger partial charge on any atom is 0.313 e. The molecule has 1 aromatic heterocycles. The molecule has 0 aliphatic heterocycles.